The van der Waals surface area contributed by atoms with Gasteiger partial charge in [-0.25, -0.2) is 18.7 Å². The first kappa shape index (κ1) is 30.6. The van der Waals surface area contributed by atoms with Crippen molar-refractivity contribution in [2.24, 2.45) is 5.92 Å². The molecular formula is C34H40F2N6O. The molecule has 9 heteroatoms. The molecule has 1 N–H and O–H groups in total. The first-order valence-electron chi connectivity index (χ1n) is 15.3. The van der Waals surface area contributed by atoms with Gasteiger partial charge in [0.2, 0.25) is 5.88 Å². The molecule has 0 atom stereocenters. The van der Waals surface area contributed by atoms with Crippen molar-refractivity contribution < 1.29 is 13.5 Å². The summed E-state index contributed by atoms with van der Waals surface area (Å²) in [6, 6.07) is 11.2. The van der Waals surface area contributed by atoms with E-state index >= 15 is 8.78 Å². The second kappa shape index (κ2) is 13.6. The Labute approximate surface area is 252 Å². The predicted octanol–water partition coefficient (Wildman–Crippen LogP) is 6.96. The summed E-state index contributed by atoms with van der Waals surface area (Å²) in [5.41, 5.74) is 1.57. The number of anilines is 1. The third-order valence-electron chi connectivity index (χ3n) is 8.62. The van der Waals surface area contributed by atoms with E-state index < -0.39 is 17.3 Å². The SMILES string of the molecule is C=CCCCCOc1nc2ncnc(NCCc3cccc(C(F)(F)C4CCN(CC=C)CC4)c3)c2cc1C1(C#N)CC1. The zero-order chi connectivity index (χ0) is 30.3. The number of pyridine rings is 1. The van der Waals surface area contributed by atoms with E-state index in [-0.39, 0.29) is 5.56 Å². The fourth-order valence-electron chi connectivity index (χ4n) is 5.85. The Balaban J connectivity index is 1.27. The highest BCUT2D eigenvalue weighted by atomic mass is 19.3. The van der Waals surface area contributed by atoms with E-state index in [1.165, 1.54) is 6.33 Å². The Bertz CT molecular complexity index is 1470. The van der Waals surface area contributed by atoms with Crippen molar-refractivity contribution >= 4 is 16.9 Å². The van der Waals surface area contributed by atoms with Gasteiger partial charge in [-0.1, -0.05) is 30.4 Å². The lowest BCUT2D eigenvalue weighted by Gasteiger charge is -2.35. The fourth-order valence-corrected chi connectivity index (χ4v) is 5.85. The third-order valence-corrected chi connectivity index (χ3v) is 8.62. The number of hydrogen-bond donors (Lipinski definition) is 1. The molecule has 2 fully saturated rings. The van der Waals surface area contributed by atoms with Gasteiger partial charge in [0.1, 0.15) is 12.1 Å². The van der Waals surface area contributed by atoms with Crippen molar-refractivity contribution in [3.63, 3.8) is 0 Å². The Morgan fingerprint density at radius 1 is 1.14 bits per heavy atom. The highest BCUT2D eigenvalue weighted by molar-refractivity contribution is 5.88. The first-order chi connectivity index (χ1) is 20.9. The molecule has 0 radical (unpaired) electrons. The number of fused-ring (bicyclic) bond motifs is 1. The standard InChI is InChI=1S/C34H40F2N6O/c1-3-5-6-7-20-43-32-29(33(23-37)14-15-33)22-28-30(39-24-40-31(28)41-32)38-16-11-25-9-8-10-27(21-25)34(35,36)26-12-18-42(17-4-2)19-13-26/h3-4,8-10,21-22,24,26H,1-2,5-7,11-20H2,(H,38,39,40,41). The van der Waals surface area contributed by atoms with Crippen molar-refractivity contribution in [1.29, 1.82) is 5.26 Å². The van der Waals surface area contributed by atoms with Crippen LogP contribution in [0.3, 0.4) is 0 Å². The number of allylic oxidation sites excluding steroid dienone is 1. The Hall–Kier alpha value is -3.90. The molecule has 2 aliphatic rings. The fraction of sp³-hybridized carbons (Fsp3) is 0.471. The van der Waals surface area contributed by atoms with Crippen LogP contribution in [0.25, 0.3) is 11.0 Å². The maximum atomic E-state index is 15.5. The molecule has 226 valence electrons. The summed E-state index contributed by atoms with van der Waals surface area (Å²) in [7, 11) is 0. The van der Waals surface area contributed by atoms with Gasteiger partial charge in [0, 0.05) is 30.1 Å². The molecule has 3 heterocycles. The smallest absolute Gasteiger partial charge is 0.276 e. The van der Waals surface area contributed by atoms with E-state index in [1.54, 1.807) is 18.2 Å². The average molecular weight is 587 g/mol. The van der Waals surface area contributed by atoms with Gasteiger partial charge >= 0.3 is 0 Å². The molecule has 43 heavy (non-hydrogen) atoms. The molecule has 0 bridgehead atoms. The number of nitrogens with one attached hydrogen (secondary N) is 1. The van der Waals surface area contributed by atoms with Gasteiger partial charge in [-0.3, -0.25) is 4.90 Å². The molecule has 5 rings (SSSR count). The Morgan fingerprint density at radius 2 is 1.95 bits per heavy atom. The summed E-state index contributed by atoms with van der Waals surface area (Å²) in [5, 5.41) is 14.0. The van der Waals surface area contributed by atoms with Gasteiger partial charge in [0.15, 0.2) is 5.65 Å². The van der Waals surface area contributed by atoms with E-state index in [9.17, 15) is 5.26 Å². The van der Waals surface area contributed by atoms with Gasteiger partial charge in [-0.05, 0) is 82.2 Å². The summed E-state index contributed by atoms with van der Waals surface area (Å²) in [5.74, 6) is -2.49. The highest BCUT2D eigenvalue weighted by Crippen LogP contribution is 2.51. The summed E-state index contributed by atoms with van der Waals surface area (Å²) in [6.07, 6.45) is 10.9. The van der Waals surface area contributed by atoms with E-state index in [0.29, 0.717) is 68.2 Å². The van der Waals surface area contributed by atoms with Crippen molar-refractivity contribution in [3.8, 4) is 11.9 Å². The average Bonchev–Trinajstić information content (AvgIpc) is 3.83. The number of nitriles is 1. The highest BCUT2D eigenvalue weighted by Gasteiger charge is 2.48. The maximum absolute atomic E-state index is 15.5. The van der Waals surface area contributed by atoms with Crippen LogP contribution in [0.15, 0.2) is 62.0 Å². The van der Waals surface area contributed by atoms with Crippen LogP contribution >= 0.6 is 0 Å². The van der Waals surface area contributed by atoms with Crippen molar-refractivity contribution in [2.45, 2.75) is 62.7 Å². The minimum Gasteiger partial charge on any atom is -0.477 e. The van der Waals surface area contributed by atoms with Gasteiger partial charge in [-0.15, -0.1) is 13.2 Å². The Morgan fingerprint density at radius 3 is 2.67 bits per heavy atom. The number of alkyl halides is 2. The molecule has 1 aliphatic carbocycles. The molecule has 0 unspecified atom stereocenters. The minimum absolute atomic E-state index is 0.0803. The Kier molecular flexibility index (Phi) is 9.66. The van der Waals surface area contributed by atoms with E-state index in [2.05, 4.69) is 39.4 Å². The lowest BCUT2D eigenvalue weighted by Crippen LogP contribution is -2.39. The number of likely N-dealkylation sites (tertiary alicyclic amines) is 1. The number of unbranched alkanes of at least 4 members (excludes halogenated alkanes) is 2. The van der Waals surface area contributed by atoms with Crippen LogP contribution in [-0.4, -0.2) is 52.6 Å². The number of benzene rings is 1. The normalized spacial score (nSPS) is 16.9. The molecule has 0 spiro atoms. The first-order valence-corrected chi connectivity index (χ1v) is 15.3. The topological polar surface area (TPSA) is 87.0 Å². The van der Waals surface area contributed by atoms with Crippen LogP contribution in [0.1, 0.15) is 61.6 Å². The second-order valence-electron chi connectivity index (χ2n) is 11.6. The van der Waals surface area contributed by atoms with Crippen LogP contribution in [0.2, 0.25) is 0 Å². The van der Waals surface area contributed by atoms with Crippen LogP contribution in [0.5, 0.6) is 5.88 Å². The van der Waals surface area contributed by atoms with E-state index in [4.69, 9.17) is 9.72 Å². The zero-order valence-electron chi connectivity index (χ0n) is 24.7. The quantitative estimate of drug-likeness (QED) is 0.152. The molecule has 2 aromatic heterocycles. The third kappa shape index (κ3) is 7.02. The largest absolute Gasteiger partial charge is 0.477 e. The lowest BCUT2D eigenvalue weighted by molar-refractivity contribution is -0.0847. The molecule has 1 saturated heterocycles. The zero-order valence-corrected chi connectivity index (χ0v) is 24.7. The van der Waals surface area contributed by atoms with E-state index in [1.807, 2.05) is 24.3 Å². The lowest BCUT2D eigenvalue weighted by atomic mass is 9.86. The van der Waals surface area contributed by atoms with Crippen LogP contribution in [-0.2, 0) is 17.8 Å². The molecule has 3 aromatic rings. The number of nitrogens with zero attached hydrogens (tertiary/aromatic N) is 5. The molecule has 1 aromatic carbocycles. The minimum atomic E-state index is -2.88. The number of hydrogen-bond acceptors (Lipinski definition) is 7. The second-order valence-corrected chi connectivity index (χ2v) is 11.6. The number of piperidine rings is 1. The van der Waals surface area contributed by atoms with Gasteiger partial charge < -0.3 is 10.1 Å². The van der Waals surface area contributed by atoms with Crippen LogP contribution in [0.4, 0.5) is 14.6 Å². The van der Waals surface area contributed by atoms with Crippen molar-refractivity contribution in [3.05, 3.63) is 78.7 Å². The number of ether oxygens (including phenoxy) is 1. The van der Waals surface area contributed by atoms with E-state index in [0.717, 1.165) is 49.8 Å². The molecule has 7 nitrogen and oxygen atoms in total. The van der Waals surface area contributed by atoms with Gasteiger partial charge in [-0.2, -0.15) is 10.2 Å². The predicted molar refractivity (Wildman–Crippen MR) is 165 cm³/mol. The number of rotatable bonds is 15. The number of halogens is 2. The van der Waals surface area contributed by atoms with Crippen molar-refractivity contribution in [1.82, 2.24) is 19.9 Å². The van der Waals surface area contributed by atoms with Gasteiger partial charge in [0.05, 0.1) is 23.5 Å². The summed E-state index contributed by atoms with van der Waals surface area (Å²) in [4.78, 5) is 15.7. The van der Waals surface area contributed by atoms with Crippen LogP contribution in [0, 0.1) is 17.2 Å². The summed E-state index contributed by atoms with van der Waals surface area (Å²) < 4.78 is 37.1. The van der Waals surface area contributed by atoms with Crippen molar-refractivity contribution in [2.75, 3.05) is 38.1 Å². The molecular weight excluding hydrogens is 546 g/mol. The van der Waals surface area contributed by atoms with Crippen LogP contribution < -0.4 is 10.1 Å². The summed E-state index contributed by atoms with van der Waals surface area (Å²) in [6.45, 7) is 10.6. The molecule has 0 amide bonds. The molecule has 1 saturated carbocycles. The number of aromatic nitrogens is 3. The monoisotopic (exact) mass is 586 g/mol. The maximum Gasteiger partial charge on any atom is 0.276 e. The molecule has 1 aliphatic heterocycles. The van der Waals surface area contributed by atoms with Gasteiger partial charge in [0.25, 0.3) is 5.92 Å². The summed E-state index contributed by atoms with van der Waals surface area (Å²) >= 11 is 0.